The molecular formula is C24H26N2O4S. The van der Waals surface area contributed by atoms with Gasteiger partial charge in [-0.1, -0.05) is 18.2 Å². The number of hydrogen-bond donors (Lipinski definition) is 0. The largest absolute Gasteiger partial charge is 0.497 e. The molecule has 7 heteroatoms. The van der Waals surface area contributed by atoms with E-state index in [0.717, 1.165) is 21.9 Å². The van der Waals surface area contributed by atoms with Crippen molar-refractivity contribution in [2.45, 2.75) is 13.1 Å². The number of fused-ring (bicyclic) bond motifs is 1. The predicted molar refractivity (Wildman–Crippen MR) is 122 cm³/mol. The molecule has 2 heterocycles. The summed E-state index contributed by atoms with van der Waals surface area (Å²) in [4.78, 5) is 18.3. The summed E-state index contributed by atoms with van der Waals surface area (Å²) >= 11 is 1.64. The van der Waals surface area contributed by atoms with Crippen LogP contribution in [0.1, 0.15) is 10.4 Å². The average Bonchev–Trinajstić information content (AvgIpc) is 3.30. The minimum atomic E-state index is 0.0236. The van der Waals surface area contributed by atoms with Crippen LogP contribution in [-0.2, 0) is 17.9 Å². The summed E-state index contributed by atoms with van der Waals surface area (Å²) in [6.07, 6.45) is 0. The maximum Gasteiger partial charge on any atom is 0.241 e. The number of thiophene rings is 1. The molecule has 0 fully saturated rings. The fourth-order valence-corrected chi connectivity index (χ4v) is 4.23. The van der Waals surface area contributed by atoms with Crippen LogP contribution < -0.4 is 19.1 Å². The lowest BCUT2D eigenvalue weighted by molar-refractivity contribution is -0.119. The second-order valence-corrected chi connectivity index (χ2v) is 8.44. The van der Waals surface area contributed by atoms with Gasteiger partial charge in [-0.05, 0) is 48.3 Å². The first kappa shape index (κ1) is 21.2. The average molecular weight is 439 g/mol. The highest BCUT2D eigenvalue weighted by molar-refractivity contribution is 7.09. The van der Waals surface area contributed by atoms with Crippen LogP contribution in [0, 0.1) is 0 Å². The number of amides is 1. The number of benzene rings is 2. The number of hydrogen-bond acceptors (Lipinski definition) is 6. The fourth-order valence-electron chi connectivity index (χ4n) is 3.54. The molecule has 2 aromatic carbocycles. The third kappa shape index (κ3) is 5.37. The van der Waals surface area contributed by atoms with Gasteiger partial charge in [-0.15, -0.1) is 11.3 Å². The summed E-state index contributed by atoms with van der Waals surface area (Å²) in [5, 5.41) is 2.02. The van der Waals surface area contributed by atoms with E-state index in [9.17, 15) is 4.79 Å². The Kier molecular flexibility index (Phi) is 6.74. The third-order valence-electron chi connectivity index (χ3n) is 5.02. The Morgan fingerprint density at radius 1 is 1.03 bits per heavy atom. The zero-order valence-electron chi connectivity index (χ0n) is 17.7. The van der Waals surface area contributed by atoms with E-state index in [2.05, 4.69) is 0 Å². The fraction of sp³-hybridized carbons (Fsp3) is 0.292. The summed E-state index contributed by atoms with van der Waals surface area (Å²) in [6.45, 7) is 2.51. The van der Waals surface area contributed by atoms with Crippen molar-refractivity contribution in [3.8, 4) is 17.2 Å². The molecular weight excluding hydrogens is 412 g/mol. The third-order valence-corrected chi connectivity index (χ3v) is 5.89. The van der Waals surface area contributed by atoms with Gasteiger partial charge in [0.1, 0.15) is 19.0 Å². The molecule has 1 aliphatic heterocycles. The van der Waals surface area contributed by atoms with Gasteiger partial charge in [0.2, 0.25) is 5.91 Å². The van der Waals surface area contributed by atoms with Crippen LogP contribution in [0.2, 0.25) is 0 Å². The Morgan fingerprint density at radius 2 is 1.87 bits per heavy atom. The number of methoxy groups -OCH3 is 1. The van der Waals surface area contributed by atoms with E-state index >= 15 is 0 Å². The monoisotopic (exact) mass is 438 g/mol. The van der Waals surface area contributed by atoms with Crippen LogP contribution in [0.4, 0.5) is 5.69 Å². The van der Waals surface area contributed by atoms with E-state index in [1.165, 1.54) is 0 Å². The lowest BCUT2D eigenvalue weighted by Crippen LogP contribution is -2.38. The number of ether oxygens (including phenoxy) is 3. The van der Waals surface area contributed by atoms with Gasteiger partial charge in [-0.3, -0.25) is 9.69 Å². The first-order chi connectivity index (χ1) is 15.1. The Hall–Kier alpha value is -3.03. The van der Waals surface area contributed by atoms with Crippen LogP contribution in [0.5, 0.6) is 17.2 Å². The van der Waals surface area contributed by atoms with Crippen molar-refractivity contribution in [3.63, 3.8) is 0 Å². The molecule has 31 heavy (non-hydrogen) atoms. The van der Waals surface area contributed by atoms with Crippen LogP contribution in [0.3, 0.4) is 0 Å². The quantitative estimate of drug-likeness (QED) is 0.528. The second kappa shape index (κ2) is 9.85. The first-order valence-corrected chi connectivity index (χ1v) is 11.0. The molecule has 0 aliphatic carbocycles. The van der Waals surface area contributed by atoms with Crippen LogP contribution in [0.15, 0.2) is 60.0 Å². The predicted octanol–water partition coefficient (Wildman–Crippen LogP) is 4.19. The Bertz CT molecular complexity index is 1020. The van der Waals surface area contributed by atoms with Gasteiger partial charge >= 0.3 is 0 Å². The SMILES string of the molecule is COc1cccc(CN(C)CC(=O)N(Cc2cccs2)c2ccc3c(c2)OCCO3)c1. The molecule has 1 aromatic heterocycles. The maximum atomic E-state index is 13.4. The van der Waals surface area contributed by atoms with Crippen molar-refractivity contribution < 1.29 is 19.0 Å². The lowest BCUT2D eigenvalue weighted by Gasteiger charge is -2.27. The van der Waals surface area contributed by atoms with Crippen molar-refractivity contribution in [2.24, 2.45) is 0 Å². The maximum absolute atomic E-state index is 13.4. The zero-order valence-corrected chi connectivity index (χ0v) is 18.6. The molecule has 0 radical (unpaired) electrons. The second-order valence-electron chi connectivity index (χ2n) is 7.41. The number of rotatable bonds is 8. The van der Waals surface area contributed by atoms with Gasteiger partial charge in [0.05, 0.1) is 20.2 Å². The molecule has 0 saturated heterocycles. The van der Waals surface area contributed by atoms with Crippen molar-refractivity contribution in [1.29, 1.82) is 0 Å². The summed E-state index contributed by atoms with van der Waals surface area (Å²) < 4.78 is 16.7. The molecule has 1 amide bonds. The standard InChI is InChI=1S/C24H26N2O4S/c1-25(15-18-5-3-6-20(13-18)28-2)17-24(27)26(16-21-7-4-12-31-21)19-8-9-22-23(14-19)30-11-10-29-22/h3-9,12-14H,10-11,15-17H2,1-2H3. The highest BCUT2D eigenvalue weighted by Gasteiger charge is 2.21. The van der Waals surface area contributed by atoms with E-state index in [1.54, 1.807) is 18.4 Å². The van der Waals surface area contributed by atoms with Gasteiger partial charge in [0, 0.05) is 23.2 Å². The topological polar surface area (TPSA) is 51.2 Å². The molecule has 0 unspecified atom stereocenters. The minimum absolute atomic E-state index is 0.0236. The van der Waals surface area contributed by atoms with Crippen LogP contribution >= 0.6 is 11.3 Å². The lowest BCUT2D eigenvalue weighted by atomic mass is 10.2. The molecule has 162 valence electrons. The van der Waals surface area contributed by atoms with Gasteiger partial charge in [0.25, 0.3) is 0 Å². The Morgan fingerprint density at radius 3 is 2.65 bits per heavy atom. The van der Waals surface area contributed by atoms with E-state index in [-0.39, 0.29) is 12.5 Å². The molecule has 4 rings (SSSR count). The molecule has 0 saturated carbocycles. The summed E-state index contributed by atoms with van der Waals surface area (Å²) in [5.41, 5.74) is 1.90. The summed E-state index contributed by atoms with van der Waals surface area (Å²) in [5.74, 6) is 2.23. The molecule has 1 aliphatic rings. The number of anilines is 1. The minimum Gasteiger partial charge on any atom is -0.497 e. The molecule has 0 bridgehead atoms. The summed E-state index contributed by atoms with van der Waals surface area (Å²) in [6, 6.07) is 17.6. The van der Waals surface area contributed by atoms with Gasteiger partial charge in [-0.2, -0.15) is 0 Å². The van der Waals surface area contributed by atoms with Gasteiger partial charge < -0.3 is 19.1 Å². The van der Waals surface area contributed by atoms with E-state index < -0.39 is 0 Å². The van der Waals surface area contributed by atoms with Crippen LogP contribution in [0.25, 0.3) is 0 Å². The normalized spacial score (nSPS) is 12.6. The number of likely N-dealkylation sites (N-methyl/N-ethyl adjacent to an activating group) is 1. The van der Waals surface area contributed by atoms with E-state index in [1.807, 2.05) is 76.8 Å². The molecule has 0 N–H and O–H groups in total. The van der Waals surface area contributed by atoms with Crippen molar-refractivity contribution >= 4 is 22.9 Å². The molecule has 0 atom stereocenters. The van der Waals surface area contributed by atoms with Crippen molar-refractivity contribution in [2.75, 3.05) is 38.8 Å². The highest BCUT2D eigenvalue weighted by atomic mass is 32.1. The highest BCUT2D eigenvalue weighted by Crippen LogP contribution is 2.34. The van der Waals surface area contributed by atoms with Crippen molar-refractivity contribution in [1.82, 2.24) is 4.90 Å². The Balaban J connectivity index is 1.51. The number of carbonyl (C=O) groups excluding carboxylic acids is 1. The first-order valence-electron chi connectivity index (χ1n) is 10.2. The number of carbonyl (C=O) groups is 1. The zero-order chi connectivity index (χ0) is 21.6. The van der Waals surface area contributed by atoms with Gasteiger partial charge in [-0.25, -0.2) is 0 Å². The molecule has 0 spiro atoms. The van der Waals surface area contributed by atoms with Crippen molar-refractivity contribution in [3.05, 3.63) is 70.4 Å². The van der Waals surface area contributed by atoms with Gasteiger partial charge in [0.15, 0.2) is 11.5 Å². The molecule has 3 aromatic rings. The smallest absolute Gasteiger partial charge is 0.241 e. The van der Waals surface area contributed by atoms with E-state index in [0.29, 0.717) is 37.8 Å². The Labute approximate surface area is 186 Å². The molecule has 6 nitrogen and oxygen atoms in total. The van der Waals surface area contributed by atoms with Crippen LogP contribution in [-0.4, -0.2) is 44.7 Å². The number of nitrogens with zero attached hydrogens (tertiary/aromatic N) is 2. The summed E-state index contributed by atoms with van der Waals surface area (Å²) in [7, 11) is 3.60. The van der Waals surface area contributed by atoms with E-state index in [4.69, 9.17) is 14.2 Å².